The van der Waals surface area contributed by atoms with E-state index < -0.39 is 11.6 Å². The highest BCUT2D eigenvalue weighted by molar-refractivity contribution is 5.32. The monoisotopic (exact) mass is 554 g/mol. The van der Waals surface area contributed by atoms with Gasteiger partial charge in [0.05, 0.1) is 27.3 Å². The molecule has 0 aromatic heterocycles. The second-order valence-corrected chi connectivity index (χ2v) is 13.1. The van der Waals surface area contributed by atoms with Crippen LogP contribution in [0.5, 0.6) is 11.5 Å². The van der Waals surface area contributed by atoms with E-state index >= 15 is 0 Å². The van der Waals surface area contributed by atoms with Crippen LogP contribution in [0.2, 0.25) is 0 Å². The molecule has 0 aliphatic heterocycles. The van der Waals surface area contributed by atoms with Gasteiger partial charge in [-0.25, -0.2) is 8.78 Å². The van der Waals surface area contributed by atoms with Crippen molar-refractivity contribution >= 4 is 0 Å². The molecule has 3 aromatic rings. The quantitative estimate of drug-likeness (QED) is 0.150. The second-order valence-electron chi connectivity index (χ2n) is 13.1. The number of halogens is 2. The first-order valence-corrected chi connectivity index (χ1v) is 14.0. The highest BCUT2D eigenvalue weighted by Gasteiger charge is 2.27. The third kappa shape index (κ3) is 10.5. The molecule has 0 N–H and O–H groups in total. The molecular formula is C34H46F2NO3+. The third-order valence-corrected chi connectivity index (χ3v) is 6.87. The van der Waals surface area contributed by atoms with Crippen LogP contribution in [0.4, 0.5) is 8.78 Å². The average Bonchev–Trinajstić information content (AvgIpc) is 2.86. The van der Waals surface area contributed by atoms with Gasteiger partial charge in [0.25, 0.3) is 0 Å². The largest absolute Gasteiger partial charge is 0.491 e. The molecule has 0 heterocycles. The van der Waals surface area contributed by atoms with Crippen molar-refractivity contribution < 1.29 is 27.5 Å². The van der Waals surface area contributed by atoms with Crippen LogP contribution in [0.15, 0.2) is 66.7 Å². The van der Waals surface area contributed by atoms with Crippen LogP contribution in [0.3, 0.4) is 0 Å². The lowest BCUT2D eigenvalue weighted by Crippen LogP contribution is -2.41. The van der Waals surface area contributed by atoms with Crippen molar-refractivity contribution in [3.63, 3.8) is 0 Å². The van der Waals surface area contributed by atoms with Crippen molar-refractivity contribution in [1.82, 2.24) is 0 Å². The first kappa shape index (κ1) is 31.6. The Morgan fingerprint density at radius 1 is 0.675 bits per heavy atom. The number of quaternary nitrogens is 1. The smallest absolute Gasteiger partial charge is 0.159 e. The molecule has 4 nitrogen and oxygen atoms in total. The Labute approximate surface area is 239 Å². The molecule has 0 bridgehead atoms. The Hall–Kier alpha value is -2.96. The van der Waals surface area contributed by atoms with Gasteiger partial charge >= 0.3 is 0 Å². The van der Waals surface area contributed by atoms with E-state index in [-0.39, 0.29) is 17.4 Å². The first-order valence-electron chi connectivity index (χ1n) is 14.0. The molecule has 0 aliphatic carbocycles. The van der Waals surface area contributed by atoms with Crippen LogP contribution < -0.4 is 9.47 Å². The molecule has 6 heteroatoms. The van der Waals surface area contributed by atoms with E-state index in [4.69, 9.17) is 14.2 Å². The van der Waals surface area contributed by atoms with Gasteiger partial charge in [-0.05, 0) is 76.9 Å². The predicted octanol–water partition coefficient (Wildman–Crippen LogP) is 7.93. The fourth-order valence-electron chi connectivity index (χ4n) is 5.12. The number of nitrogens with zero attached hydrogens (tertiary/aromatic N) is 1. The number of rotatable bonds is 14. The summed E-state index contributed by atoms with van der Waals surface area (Å²) in [6.45, 7) is 15.0. The topological polar surface area (TPSA) is 27.7 Å². The molecule has 0 fully saturated rings. The number of hydrogen-bond acceptors (Lipinski definition) is 3. The number of likely N-dealkylation sites (N-methyl/N-ethyl adjacent to an activating group) is 1. The minimum atomic E-state index is -0.867. The van der Waals surface area contributed by atoms with Crippen LogP contribution in [0, 0.1) is 17.0 Å². The van der Waals surface area contributed by atoms with Crippen molar-refractivity contribution in [2.45, 2.75) is 59.6 Å². The van der Waals surface area contributed by atoms with Crippen LogP contribution in [0.1, 0.15) is 57.7 Å². The van der Waals surface area contributed by atoms with E-state index in [2.05, 4.69) is 73.0 Å². The standard InChI is InChI=1S/C34H46F2NO3/c1-33(2,3)25-34(4,5)28-11-15-29(16-12-28)39-21-20-38-19-18-37(6,7)23-26-8-13-30(14-9-26)40-24-27-10-17-31(35)32(36)22-27/h8-17,22H,18-21,23-25H2,1-7H3/q+1. The summed E-state index contributed by atoms with van der Waals surface area (Å²) < 4.78 is 44.7. The van der Waals surface area contributed by atoms with Gasteiger partial charge in [0.15, 0.2) is 11.6 Å². The Bertz CT molecular complexity index is 1200. The molecule has 0 aliphatic rings. The lowest BCUT2D eigenvalue weighted by atomic mass is 9.72. The maximum absolute atomic E-state index is 13.4. The lowest BCUT2D eigenvalue weighted by molar-refractivity contribution is -0.904. The molecular weight excluding hydrogens is 508 g/mol. The summed E-state index contributed by atoms with van der Waals surface area (Å²) in [5.41, 5.74) is 3.49. The van der Waals surface area contributed by atoms with E-state index in [1.807, 2.05) is 24.3 Å². The maximum Gasteiger partial charge on any atom is 0.159 e. The molecule has 3 aromatic carbocycles. The zero-order valence-electron chi connectivity index (χ0n) is 25.2. The van der Waals surface area contributed by atoms with E-state index in [0.29, 0.717) is 31.1 Å². The van der Waals surface area contributed by atoms with E-state index in [1.165, 1.54) is 17.2 Å². The normalized spacial score (nSPS) is 12.4. The molecule has 3 rings (SSSR count). The summed E-state index contributed by atoms with van der Waals surface area (Å²) >= 11 is 0. The SMILES string of the molecule is CC(C)(C)CC(C)(C)c1ccc(OCCOCC[N+](C)(C)Cc2ccc(OCc3ccc(F)c(F)c3)cc2)cc1. The number of ether oxygens (including phenoxy) is 3. The van der Waals surface area contributed by atoms with Gasteiger partial charge < -0.3 is 18.7 Å². The van der Waals surface area contributed by atoms with Crippen molar-refractivity contribution in [2.24, 2.45) is 5.41 Å². The first-order chi connectivity index (χ1) is 18.7. The van der Waals surface area contributed by atoms with Gasteiger partial charge in [0, 0.05) is 5.56 Å². The van der Waals surface area contributed by atoms with Gasteiger partial charge in [-0.3, -0.25) is 0 Å². The Kier molecular flexibility index (Phi) is 10.7. The summed E-state index contributed by atoms with van der Waals surface area (Å²) in [7, 11) is 4.35. The minimum absolute atomic E-state index is 0.119. The Morgan fingerprint density at radius 2 is 1.27 bits per heavy atom. The second kappa shape index (κ2) is 13.6. The molecule has 0 spiro atoms. The van der Waals surface area contributed by atoms with Gasteiger partial charge in [-0.15, -0.1) is 0 Å². The lowest BCUT2D eigenvalue weighted by Gasteiger charge is -2.33. The van der Waals surface area contributed by atoms with Gasteiger partial charge in [-0.2, -0.15) is 0 Å². The van der Waals surface area contributed by atoms with Crippen LogP contribution >= 0.6 is 0 Å². The van der Waals surface area contributed by atoms with E-state index in [9.17, 15) is 8.78 Å². The number of hydrogen-bond donors (Lipinski definition) is 0. The zero-order chi connectivity index (χ0) is 29.4. The number of benzene rings is 3. The fourth-order valence-corrected chi connectivity index (χ4v) is 5.12. The van der Waals surface area contributed by atoms with Crippen molar-refractivity contribution in [1.29, 1.82) is 0 Å². The molecule has 0 radical (unpaired) electrons. The zero-order valence-corrected chi connectivity index (χ0v) is 25.2. The summed E-state index contributed by atoms with van der Waals surface area (Å²) in [4.78, 5) is 0. The Morgan fingerprint density at radius 3 is 1.90 bits per heavy atom. The molecule has 0 saturated heterocycles. The van der Waals surface area contributed by atoms with Crippen LogP contribution in [-0.2, 0) is 23.3 Å². The molecule has 0 amide bonds. The van der Waals surface area contributed by atoms with Gasteiger partial charge in [0.2, 0.25) is 0 Å². The predicted molar refractivity (Wildman–Crippen MR) is 158 cm³/mol. The summed E-state index contributed by atoms with van der Waals surface area (Å²) in [6.07, 6.45) is 1.12. The molecule has 218 valence electrons. The average molecular weight is 555 g/mol. The third-order valence-electron chi connectivity index (χ3n) is 6.87. The fraction of sp³-hybridized carbons (Fsp3) is 0.471. The van der Waals surface area contributed by atoms with E-state index in [1.54, 1.807) is 0 Å². The minimum Gasteiger partial charge on any atom is -0.491 e. The highest BCUT2D eigenvalue weighted by atomic mass is 19.2. The molecule has 0 saturated carbocycles. The van der Waals surface area contributed by atoms with Crippen molar-refractivity contribution in [3.05, 3.63) is 95.1 Å². The van der Waals surface area contributed by atoms with E-state index in [0.717, 1.165) is 41.9 Å². The Balaban J connectivity index is 1.34. The highest BCUT2D eigenvalue weighted by Crippen LogP contribution is 2.36. The van der Waals surface area contributed by atoms with Crippen molar-refractivity contribution in [3.8, 4) is 11.5 Å². The van der Waals surface area contributed by atoms with Crippen LogP contribution in [-0.4, -0.2) is 44.9 Å². The molecule has 40 heavy (non-hydrogen) atoms. The molecule has 0 unspecified atom stereocenters. The summed E-state index contributed by atoms with van der Waals surface area (Å²) in [5, 5.41) is 0. The van der Waals surface area contributed by atoms with Crippen molar-refractivity contribution in [2.75, 3.05) is 40.5 Å². The van der Waals surface area contributed by atoms with Gasteiger partial charge in [-0.1, -0.05) is 52.8 Å². The summed E-state index contributed by atoms with van der Waals surface area (Å²) in [6, 6.07) is 20.1. The van der Waals surface area contributed by atoms with Gasteiger partial charge in [0.1, 0.15) is 37.8 Å². The summed E-state index contributed by atoms with van der Waals surface area (Å²) in [5.74, 6) is -0.170. The maximum atomic E-state index is 13.4. The molecule has 0 atom stereocenters. The van der Waals surface area contributed by atoms with Crippen LogP contribution in [0.25, 0.3) is 0 Å².